The Labute approximate surface area is 60.5 Å². The predicted molar refractivity (Wildman–Crippen MR) is 39.1 cm³/mol. The van der Waals surface area contributed by atoms with Crippen molar-refractivity contribution >= 4 is 5.91 Å². The van der Waals surface area contributed by atoms with Gasteiger partial charge < -0.3 is 10.6 Å². The molecule has 0 radical (unpaired) electrons. The van der Waals surface area contributed by atoms with Crippen molar-refractivity contribution in [3.05, 3.63) is 11.8 Å². The van der Waals surface area contributed by atoms with Gasteiger partial charge in [0.15, 0.2) is 0 Å². The lowest BCUT2D eigenvalue weighted by molar-refractivity contribution is -0.128. The first kappa shape index (κ1) is 7.12. The van der Waals surface area contributed by atoms with E-state index in [-0.39, 0.29) is 5.91 Å². The summed E-state index contributed by atoms with van der Waals surface area (Å²) in [4.78, 5) is 12.5. The maximum Gasteiger partial charge on any atom is 0.219 e. The van der Waals surface area contributed by atoms with Crippen molar-refractivity contribution in [1.82, 2.24) is 4.90 Å². The molecule has 2 N–H and O–H groups in total. The fourth-order valence-corrected chi connectivity index (χ4v) is 1.04. The number of carbonyl (C=O) groups excluding carboxylic acids is 1. The van der Waals surface area contributed by atoms with Gasteiger partial charge in [0.2, 0.25) is 5.91 Å². The van der Waals surface area contributed by atoms with Gasteiger partial charge >= 0.3 is 0 Å². The molecule has 0 aromatic carbocycles. The van der Waals surface area contributed by atoms with E-state index in [0.29, 0.717) is 6.54 Å². The number of hydrogen-bond acceptors (Lipinski definition) is 2. The van der Waals surface area contributed by atoms with Crippen LogP contribution in [0.5, 0.6) is 0 Å². The first-order valence-electron chi connectivity index (χ1n) is 3.40. The van der Waals surface area contributed by atoms with E-state index in [1.807, 2.05) is 6.08 Å². The van der Waals surface area contributed by atoms with Crippen LogP contribution in [0, 0.1) is 0 Å². The Morgan fingerprint density at radius 3 is 2.90 bits per heavy atom. The Morgan fingerprint density at radius 2 is 2.50 bits per heavy atom. The van der Waals surface area contributed by atoms with Crippen LogP contribution in [0.4, 0.5) is 0 Å². The predicted octanol–water partition coefficient (Wildman–Crippen LogP) is 0.0812. The zero-order valence-corrected chi connectivity index (χ0v) is 6.13. The number of hydrogen-bond donors (Lipinski definition) is 1. The lowest BCUT2D eigenvalue weighted by Gasteiger charge is -2.24. The Hall–Kier alpha value is -0.990. The van der Waals surface area contributed by atoms with Crippen molar-refractivity contribution in [2.24, 2.45) is 5.73 Å². The maximum absolute atomic E-state index is 10.8. The monoisotopic (exact) mass is 140 g/mol. The highest BCUT2D eigenvalue weighted by Gasteiger charge is 2.11. The van der Waals surface area contributed by atoms with Gasteiger partial charge in [-0.1, -0.05) is 6.08 Å². The minimum Gasteiger partial charge on any atom is -0.401 e. The van der Waals surface area contributed by atoms with Gasteiger partial charge in [-0.05, 0) is 6.42 Å². The van der Waals surface area contributed by atoms with Crippen LogP contribution in [-0.2, 0) is 4.79 Å². The van der Waals surface area contributed by atoms with Crippen molar-refractivity contribution in [3.63, 3.8) is 0 Å². The first-order valence-corrected chi connectivity index (χ1v) is 3.40. The highest BCUT2D eigenvalue weighted by molar-refractivity contribution is 5.73. The Kier molecular flexibility index (Phi) is 1.94. The summed E-state index contributed by atoms with van der Waals surface area (Å²) in [5, 5.41) is 0. The molecule has 10 heavy (non-hydrogen) atoms. The molecule has 0 aromatic rings. The summed E-state index contributed by atoms with van der Waals surface area (Å²) >= 11 is 0. The van der Waals surface area contributed by atoms with E-state index in [1.54, 1.807) is 11.8 Å². The Bertz CT molecular complexity index is 174. The highest BCUT2D eigenvalue weighted by Crippen LogP contribution is 2.04. The third-order valence-electron chi connectivity index (χ3n) is 1.62. The second kappa shape index (κ2) is 2.73. The SMILES string of the molecule is CC(=O)N1CCC=C(N)C1. The van der Waals surface area contributed by atoms with Crippen molar-refractivity contribution in [1.29, 1.82) is 0 Å². The number of carbonyl (C=O) groups is 1. The van der Waals surface area contributed by atoms with Crippen LogP contribution in [0.25, 0.3) is 0 Å². The van der Waals surface area contributed by atoms with Crippen molar-refractivity contribution < 1.29 is 4.79 Å². The second-order valence-electron chi connectivity index (χ2n) is 2.51. The van der Waals surface area contributed by atoms with E-state index in [4.69, 9.17) is 5.73 Å². The first-order chi connectivity index (χ1) is 4.70. The largest absolute Gasteiger partial charge is 0.401 e. The minimum absolute atomic E-state index is 0.107. The third kappa shape index (κ3) is 1.50. The van der Waals surface area contributed by atoms with Crippen molar-refractivity contribution in [2.45, 2.75) is 13.3 Å². The number of nitrogens with two attached hydrogens (primary N) is 1. The van der Waals surface area contributed by atoms with Crippen molar-refractivity contribution in [2.75, 3.05) is 13.1 Å². The number of rotatable bonds is 0. The van der Waals surface area contributed by atoms with Gasteiger partial charge in [-0.25, -0.2) is 0 Å². The zero-order valence-electron chi connectivity index (χ0n) is 6.13. The summed E-state index contributed by atoms with van der Waals surface area (Å²) in [6.07, 6.45) is 2.87. The lowest BCUT2D eigenvalue weighted by atomic mass is 10.2. The molecule has 0 saturated carbocycles. The zero-order chi connectivity index (χ0) is 7.56. The molecule has 3 heteroatoms. The van der Waals surface area contributed by atoms with Crippen molar-refractivity contribution in [3.8, 4) is 0 Å². The van der Waals surface area contributed by atoms with Gasteiger partial charge in [0, 0.05) is 19.2 Å². The standard InChI is InChI=1S/C7H12N2O/c1-6(10)9-4-2-3-7(8)5-9/h3H,2,4-5,8H2,1H3. The summed E-state index contributed by atoms with van der Waals surface area (Å²) in [7, 11) is 0. The molecule has 0 atom stereocenters. The molecule has 0 unspecified atom stereocenters. The average molecular weight is 140 g/mol. The van der Waals surface area contributed by atoms with Crippen LogP contribution in [-0.4, -0.2) is 23.9 Å². The van der Waals surface area contributed by atoms with Gasteiger partial charge in [-0.15, -0.1) is 0 Å². The van der Waals surface area contributed by atoms with E-state index < -0.39 is 0 Å². The molecule has 1 heterocycles. The molecule has 1 aliphatic heterocycles. The molecular weight excluding hydrogens is 128 g/mol. The Morgan fingerprint density at radius 1 is 1.80 bits per heavy atom. The van der Waals surface area contributed by atoms with Gasteiger partial charge in [-0.2, -0.15) is 0 Å². The van der Waals surface area contributed by atoms with Gasteiger partial charge in [0.05, 0.1) is 6.54 Å². The van der Waals surface area contributed by atoms with E-state index in [1.165, 1.54) is 0 Å². The normalized spacial score (nSPS) is 18.5. The Balaban J connectivity index is 2.53. The second-order valence-corrected chi connectivity index (χ2v) is 2.51. The van der Waals surface area contributed by atoms with Crippen LogP contribution in [0.2, 0.25) is 0 Å². The van der Waals surface area contributed by atoms with Crippen LogP contribution in [0.1, 0.15) is 13.3 Å². The molecule has 0 spiro atoms. The fraction of sp³-hybridized carbons (Fsp3) is 0.571. The van der Waals surface area contributed by atoms with Gasteiger partial charge in [0.1, 0.15) is 0 Å². The van der Waals surface area contributed by atoms with E-state index in [9.17, 15) is 4.79 Å². The average Bonchev–Trinajstić information content (AvgIpc) is 1.88. The molecule has 0 bridgehead atoms. The summed E-state index contributed by atoms with van der Waals surface area (Å²) in [6, 6.07) is 0. The molecule has 1 rings (SSSR count). The summed E-state index contributed by atoms with van der Waals surface area (Å²) in [6.45, 7) is 2.99. The lowest BCUT2D eigenvalue weighted by Crippen LogP contribution is -2.35. The molecule has 3 nitrogen and oxygen atoms in total. The van der Waals surface area contributed by atoms with Crippen LogP contribution in [0.3, 0.4) is 0 Å². The van der Waals surface area contributed by atoms with Crippen LogP contribution >= 0.6 is 0 Å². The van der Waals surface area contributed by atoms with Crippen LogP contribution in [0.15, 0.2) is 11.8 Å². The quantitative estimate of drug-likeness (QED) is 0.518. The molecule has 0 saturated heterocycles. The summed E-state index contributed by atoms with van der Waals surface area (Å²) in [5.41, 5.74) is 6.34. The molecule has 1 aliphatic rings. The highest BCUT2D eigenvalue weighted by atomic mass is 16.2. The fourth-order valence-electron chi connectivity index (χ4n) is 1.04. The number of nitrogens with zero attached hydrogens (tertiary/aromatic N) is 1. The summed E-state index contributed by atoms with van der Waals surface area (Å²) < 4.78 is 0. The molecule has 56 valence electrons. The minimum atomic E-state index is 0.107. The summed E-state index contributed by atoms with van der Waals surface area (Å²) in [5.74, 6) is 0.107. The number of amides is 1. The molecule has 0 fully saturated rings. The molecule has 0 aliphatic carbocycles. The molecule has 0 aromatic heterocycles. The maximum atomic E-state index is 10.8. The third-order valence-corrected chi connectivity index (χ3v) is 1.62. The van der Waals surface area contributed by atoms with E-state index in [0.717, 1.165) is 18.7 Å². The smallest absolute Gasteiger partial charge is 0.219 e. The van der Waals surface area contributed by atoms with Crippen LogP contribution < -0.4 is 5.73 Å². The topological polar surface area (TPSA) is 46.3 Å². The van der Waals surface area contributed by atoms with Gasteiger partial charge in [-0.3, -0.25) is 4.79 Å². The molecular formula is C7H12N2O. The molecule has 1 amide bonds. The van der Waals surface area contributed by atoms with E-state index in [2.05, 4.69) is 0 Å². The van der Waals surface area contributed by atoms with E-state index >= 15 is 0 Å². The van der Waals surface area contributed by atoms with Gasteiger partial charge in [0.25, 0.3) is 0 Å².